The fraction of sp³-hybridized carbons (Fsp3) is 0.588. The maximum atomic E-state index is 11.0. The van der Waals surface area contributed by atoms with Crippen LogP contribution in [0.25, 0.3) is 0 Å². The Morgan fingerprint density at radius 1 is 1.31 bits per heavy atom. The Hall–Kier alpha value is -1.07. The second kappa shape index (κ2) is 11.6. The van der Waals surface area contributed by atoms with Gasteiger partial charge in [-0.3, -0.25) is 4.99 Å². The molecule has 1 aromatic carbocycles. The van der Waals surface area contributed by atoms with Gasteiger partial charge in [0.15, 0.2) is 5.96 Å². The zero-order valence-corrected chi connectivity index (χ0v) is 18.5. The molecule has 0 aromatic heterocycles. The van der Waals surface area contributed by atoms with Crippen LogP contribution in [0.1, 0.15) is 6.42 Å². The molecule has 0 saturated carbocycles. The number of sulfone groups is 1. The van der Waals surface area contributed by atoms with Crippen molar-refractivity contribution in [2.45, 2.75) is 12.5 Å². The van der Waals surface area contributed by atoms with Gasteiger partial charge in [-0.1, -0.05) is 18.2 Å². The molecule has 0 radical (unpaired) electrons. The van der Waals surface area contributed by atoms with E-state index in [9.17, 15) is 8.42 Å². The Balaban J connectivity index is 0.00000338. The van der Waals surface area contributed by atoms with Crippen molar-refractivity contribution in [2.75, 3.05) is 56.8 Å². The summed E-state index contributed by atoms with van der Waals surface area (Å²) in [5, 5.41) is 6.62. The van der Waals surface area contributed by atoms with Gasteiger partial charge in [0, 0.05) is 44.7 Å². The van der Waals surface area contributed by atoms with Gasteiger partial charge in [-0.25, -0.2) is 8.42 Å². The molecule has 2 rings (SSSR count). The number of hydrogen-bond acceptors (Lipinski definition) is 5. The van der Waals surface area contributed by atoms with E-state index < -0.39 is 9.84 Å². The maximum Gasteiger partial charge on any atom is 0.191 e. The van der Waals surface area contributed by atoms with Gasteiger partial charge in [-0.15, -0.1) is 24.0 Å². The second-order valence-corrected chi connectivity index (χ2v) is 8.41. The van der Waals surface area contributed by atoms with E-state index >= 15 is 0 Å². The summed E-state index contributed by atoms with van der Waals surface area (Å²) in [5.41, 5.74) is 1.24. The molecule has 1 aromatic rings. The lowest BCUT2D eigenvalue weighted by molar-refractivity contribution is 0.154. The van der Waals surface area contributed by atoms with E-state index in [-0.39, 0.29) is 36.3 Å². The molecular weight excluding hydrogens is 467 g/mol. The van der Waals surface area contributed by atoms with E-state index in [0.29, 0.717) is 19.2 Å². The third-order valence-electron chi connectivity index (χ3n) is 4.01. The van der Waals surface area contributed by atoms with Crippen molar-refractivity contribution in [1.29, 1.82) is 0 Å². The summed E-state index contributed by atoms with van der Waals surface area (Å²) in [6.45, 7) is 3.21. The highest BCUT2D eigenvalue weighted by Gasteiger charge is 2.23. The van der Waals surface area contributed by atoms with Gasteiger partial charge in [0.2, 0.25) is 0 Å². The van der Waals surface area contributed by atoms with Crippen LogP contribution in [0.4, 0.5) is 5.69 Å². The maximum absolute atomic E-state index is 11.0. The van der Waals surface area contributed by atoms with Crippen LogP contribution in [0.5, 0.6) is 0 Å². The van der Waals surface area contributed by atoms with Crippen LogP contribution >= 0.6 is 24.0 Å². The summed E-state index contributed by atoms with van der Waals surface area (Å²) in [4.78, 5) is 6.59. The number of nitrogens with one attached hydrogen (secondary N) is 2. The molecule has 26 heavy (non-hydrogen) atoms. The Kier molecular flexibility index (Phi) is 10.3. The number of rotatable bonds is 8. The molecule has 0 spiro atoms. The molecule has 0 aliphatic carbocycles. The lowest BCUT2D eigenvalue weighted by atomic mass is 10.3. The Morgan fingerprint density at radius 2 is 2.04 bits per heavy atom. The van der Waals surface area contributed by atoms with Crippen LogP contribution in [0.2, 0.25) is 0 Å². The Morgan fingerprint density at radius 3 is 2.69 bits per heavy atom. The van der Waals surface area contributed by atoms with Gasteiger partial charge in [0.05, 0.1) is 19.0 Å². The monoisotopic (exact) mass is 496 g/mol. The topological polar surface area (TPSA) is 83.0 Å². The highest BCUT2D eigenvalue weighted by Crippen LogP contribution is 2.19. The number of nitrogens with zero attached hydrogens (tertiary/aromatic N) is 2. The van der Waals surface area contributed by atoms with Crippen molar-refractivity contribution in [3.8, 4) is 0 Å². The number of guanidine groups is 1. The lowest BCUT2D eigenvalue weighted by Crippen LogP contribution is -2.45. The Bertz CT molecular complexity index is 655. The van der Waals surface area contributed by atoms with Crippen LogP contribution in [0, 0.1) is 0 Å². The minimum Gasteiger partial charge on any atom is -0.379 e. The first-order valence-corrected chi connectivity index (χ1v) is 10.6. The van der Waals surface area contributed by atoms with Gasteiger partial charge in [0.1, 0.15) is 9.84 Å². The molecule has 1 aliphatic heterocycles. The normalized spacial score (nSPS) is 17.7. The number of aliphatic imine (C=N–C) groups is 1. The molecule has 1 saturated heterocycles. The Labute approximate surface area is 173 Å². The smallest absolute Gasteiger partial charge is 0.191 e. The molecule has 1 atom stereocenters. The van der Waals surface area contributed by atoms with E-state index in [1.807, 2.05) is 6.07 Å². The van der Waals surface area contributed by atoms with Gasteiger partial charge >= 0.3 is 0 Å². The van der Waals surface area contributed by atoms with Crippen molar-refractivity contribution < 1.29 is 13.2 Å². The summed E-state index contributed by atoms with van der Waals surface area (Å²) in [6.07, 6.45) is 2.27. The van der Waals surface area contributed by atoms with Crippen molar-refractivity contribution in [3.05, 3.63) is 30.3 Å². The average molecular weight is 496 g/mol. The quantitative estimate of drug-likeness (QED) is 0.243. The van der Waals surface area contributed by atoms with Crippen molar-refractivity contribution >= 4 is 45.5 Å². The van der Waals surface area contributed by atoms with E-state index in [1.54, 1.807) is 7.05 Å². The fourth-order valence-corrected chi connectivity index (χ4v) is 3.11. The van der Waals surface area contributed by atoms with Gasteiger partial charge in [-0.05, 0) is 18.6 Å². The summed E-state index contributed by atoms with van der Waals surface area (Å²) in [7, 11) is -1.22. The third-order valence-corrected chi connectivity index (χ3v) is 4.92. The first kappa shape index (κ1) is 23.0. The predicted octanol–water partition coefficient (Wildman–Crippen LogP) is 1.11. The van der Waals surface area contributed by atoms with Crippen molar-refractivity contribution in [3.63, 3.8) is 0 Å². The van der Waals surface area contributed by atoms with E-state index in [4.69, 9.17) is 4.74 Å². The predicted molar refractivity (Wildman–Crippen MR) is 118 cm³/mol. The summed E-state index contributed by atoms with van der Waals surface area (Å²) in [5.74, 6) is 0.795. The molecule has 148 valence electrons. The van der Waals surface area contributed by atoms with Crippen LogP contribution in [0.3, 0.4) is 0 Å². The highest BCUT2D eigenvalue weighted by atomic mass is 127. The summed E-state index contributed by atoms with van der Waals surface area (Å²) < 4.78 is 27.3. The van der Waals surface area contributed by atoms with Crippen LogP contribution in [-0.4, -0.2) is 72.3 Å². The zero-order valence-electron chi connectivity index (χ0n) is 15.3. The molecule has 1 fully saturated rings. The van der Waals surface area contributed by atoms with Crippen LogP contribution < -0.4 is 15.5 Å². The van der Waals surface area contributed by atoms with Crippen LogP contribution in [0.15, 0.2) is 35.3 Å². The standard InChI is InChI=1S/C17H28N4O3S.HI/c1-18-17(19-9-11-24-12-13-25(2,22)23)20-15-8-10-21(14-15)16-6-4-3-5-7-16;/h3-7,15H,8-14H2,1-2H3,(H2,18,19,20);1H. The molecule has 1 aliphatic rings. The first-order chi connectivity index (χ1) is 12.0. The molecule has 7 nitrogen and oxygen atoms in total. The first-order valence-electron chi connectivity index (χ1n) is 8.50. The minimum absolute atomic E-state index is 0. The average Bonchev–Trinajstić information content (AvgIpc) is 3.05. The van der Waals surface area contributed by atoms with E-state index in [1.165, 1.54) is 11.9 Å². The molecular formula is C17H29IN4O3S. The number of anilines is 1. The molecule has 9 heteroatoms. The van der Waals surface area contributed by atoms with Crippen LogP contribution in [-0.2, 0) is 14.6 Å². The fourth-order valence-electron chi connectivity index (χ4n) is 2.69. The largest absolute Gasteiger partial charge is 0.379 e. The van der Waals surface area contributed by atoms with Crippen molar-refractivity contribution in [2.24, 2.45) is 4.99 Å². The summed E-state index contributed by atoms with van der Waals surface area (Å²) in [6, 6.07) is 10.7. The van der Waals surface area contributed by atoms with Gasteiger partial charge in [-0.2, -0.15) is 0 Å². The number of benzene rings is 1. The van der Waals surface area contributed by atoms with Gasteiger partial charge < -0.3 is 20.3 Å². The second-order valence-electron chi connectivity index (χ2n) is 6.15. The number of para-hydroxylation sites is 1. The SMILES string of the molecule is CN=C(NCCOCCS(C)(=O)=O)NC1CCN(c2ccccc2)C1.I. The molecule has 2 N–H and O–H groups in total. The molecule has 0 amide bonds. The van der Waals surface area contributed by atoms with Crippen molar-refractivity contribution in [1.82, 2.24) is 10.6 Å². The zero-order chi connectivity index (χ0) is 18.1. The van der Waals surface area contributed by atoms with E-state index in [0.717, 1.165) is 25.5 Å². The molecule has 1 unspecified atom stereocenters. The highest BCUT2D eigenvalue weighted by molar-refractivity contribution is 14.0. The molecule has 1 heterocycles. The minimum atomic E-state index is -2.96. The summed E-state index contributed by atoms with van der Waals surface area (Å²) >= 11 is 0. The molecule has 0 bridgehead atoms. The number of hydrogen-bond donors (Lipinski definition) is 2. The van der Waals surface area contributed by atoms with Gasteiger partial charge in [0.25, 0.3) is 0 Å². The number of ether oxygens (including phenoxy) is 1. The lowest BCUT2D eigenvalue weighted by Gasteiger charge is -2.20. The third kappa shape index (κ3) is 8.54. The van der Waals surface area contributed by atoms with E-state index in [2.05, 4.69) is 44.8 Å². The number of halogens is 1.